The molecule has 0 fully saturated rings. The highest BCUT2D eigenvalue weighted by atomic mass is 28.3. The molecule has 0 amide bonds. The Kier molecular flexibility index (Phi) is 5.59. The minimum atomic E-state index is -2.76. The van der Waals surface area contributed by atoms with Crippen LogP contribution < -0.4 is 25.6 Å². The van der Waals surface area contributed by atoms with Gasteiger partial charge in [0, 0.05) is 17.1 Å². The Hall–Kier alpha value is -5.44. The molecule has 1 aliphatic rings. The first-order chi connectivity index (χ1) is 21.9. The van der Waals surface area contributed by atoms with E-state index in [2.05, 4.69) is 181 Å². The summed E-state index contributed by atoms with van der Waals surface area (Å²) in [6.07, 6.45) is 0. The fraction of sp³-hybridized carbons (Fsp3) is 0. The zero-order valence-corrected chi connectivity index (χ0v) is 25.2. The normalized spacial score (nSPS) is 13.6. The maximum Gasteiger partial charge on any atom is 0.184 e. The molecule has 1 heterocycles. The third-order valence-electron chi connectivity index (χ3n) is 9.50. The SMILES string of the molecule is c1ccc(N2c3ccccc3[Si](c3ccccc3)(c3ccc4c5ccccc5c5ccccc5c4c3)c3ccccc32)cc1. The maximum atomic E-state index is 2.54. The van der Waals surface area contributed by atoms with Gasteiger partial charge in [0.2, 0.25) is 0 Å². The molecule has 0 aliphatic carbocycles. The highest BCUT2D eigenvalue weighted by Crippen LogP contribution is 2.39. The van der Waals surface area contributed by atoms with Crippen molar-refractivity contribution in [2.75, 3.05) is 4.90 Å². The molecule has 0 saturated heterocycles. The highest BCUT2D eigenvalue weighted by molar-refractivity contribution is 7.21. The van der Waals surface area contributed by atoms with E-state index in [0.29, 0.717) is 0 Å². The summed E-state index contributed by atoms with van der Waals surface area (Å²) in [6, 6.07) is 65.5. The monoisotopic (exact) mass is 575 g/mol. The van der Waals surface area contributed by atoms with Crippen LogP contribution in [0.1, 0.15) is 0 Å². The quantitative estimate of drug-likeness (QED) is 0.151. The molecule has 2 heteroatoms. The minimum Gasteiger partial charge on any atom is -0.311 e. The van der Waals surface area contributed by atoms with Crippen molar-refractivity contribution in [3.05, 3.63) is 176 Å². The van der Waals surface area contributed by atoms with Crippen molar-refractivity contribution in [3.8, 4) is 0 Å². The highest BCUT2D eigenvalue weighted by Gasteiger charge is 2.48. The van der Waals surface area contributed by atoms with Crippen molar-refractivity contribution < 1.29 is 0 Å². The predicted molar refractivity (Wildman–Crippen MR) is 191 cm³/mol. The molecule has 0 spiro atoms. The van der Waals surface area contributed by atoms with Gasteiger partial charge >= 0.3 is 0 Å². The topological polar surface area (TPSA) is 3.24 Å². The van der Waals surface area contributed by atoms with Crippen LogP contribution in [0.3, 0.4) is 0 Å². The molecule has 0 radical (unpaired) electrons. The van der Waals surface area contributed by atoms with Crippen LogP contribution in [0.4, 0.5) is 17.1 Å². The van der Waals surface area contributed by atoms with Gasteiger partial charge in [0.15, 0.2) is 8.07 Å². The lowest BCUT2D eigenvalue weighted by molar-refractivity contribution is 1.29. The van der Waals surface area contributed by atoms with E-state index in [-0.39, 0.29) is 0 Å². The number of hydrogen-bond donors (Lipinski definition) is 0. The number of para-hydroxylation sites is 3. The van der Waals surface area contributed by atoms with Gasteiger partial charge in [-0.25, -0.2) is 0 Å². The largest absolute Gasteiger partial charge is 0.311 e. The lowest BCUT2D eigenvalue weighted by Crippen LogP contribution is -2.77. The van der Waals surface area contributed by atoms with E-state index in [0.717, 1.165) is 0 Å². The molecule has 8 aromatic rings. The number of benzene rings is 8. The van der Waals surface area contributed by atoms with Crippen molar-refractivity contribution in [2.45, 2.75) is 0 Å². The molecule has 0 atom stereocenters. The lowest BCUT2D eigenvalue weighted by Gasteiger charge is -2.45. The van der Waals surface area contributed by atoms with E-state index in [1.54, 1.807) is 0 Å². The summed E-state index contributed by atoms with van der Waals surface area (Å²) in [6.45, 7) is 0. The molecule has 0 unspecified atom stereocenters. The van der Waals surface area contributed by atoms with Crippen LogP contribution in [0, 0.1) is 0 Å². The Bertz CT molecular complexity index is 2260. The van der Waals surface area contributed by atoms with Crippen molar-refractivity contribution in [3.63, 3.8) is 0 Å². The Morgan fingerprint density at radius 1 is 0.318 bits per heavy atom. The predicted octanol–water partition coefficient (Wildman–Crippen LogP) is 8.31. The summed E-state index contributed by atoms with van der Waals surface area (Å²) in [5.41, 5.74) is 3.70. The van der Waals surface area contributed by atoms with Gasteiger partial charge in [-0.1, -0.05) is 152 Å². The van der Waals surface area contributed by atoms with Gasteiger partial charge in [-0.05, 0) is 77.3 Å². The minimum absolute atomic E-state index is 1.18. The van der Waals surface area contributed by atoms with E-state index in [9.17, 15) is 0 Å². The van der Waals surface area contributed by atoms with Crippen LogP contribution in [-0.2, 0) is 0 Å². The standard InChI is InChI=1S/C42H29NSi/c1-3-15-30(16-4-1)43-39-23-11-13-25-41(39)44(31-17-5-2-6-18-31,42-26-14-12-24-40(42)43)32-27-28-37-35-21-8-7-19-33(35)34-20-9-10-22-36(34)38(37)29-32/h1-29H. The first-order valence-corrected chi connectivity index (χ1v) is 17.3. The summed E-state index contributed by atoms with van der Waals surface area (Å²) >= 11 is 0. The van der Waals surface area contributed by atoms with Crippen molar-refractivity contribution in [1.82, 2.24) is 0 Å². The van der Waals surface area contributed by atoms with Crippen LogP contribution in [0.25, 0.3) is 32.3 Å². The Morgan fingerprint density at radius 3 is 1.32 bits per heavy atom. The molecule has 1 nitrogen and oxygen atoms in total. The van der Waals surface area contributed by atoms with Crippen LogP contribution in [-0.4, -0.2) is 8.07 Å². The zero-order chi connectivity index (χ0) is 29.1. The van der Waals surface area contributed by atoms with E-state index in [4.69, 9.17) is 0 Å². The van der Waals surface area contributed by atoms with Crippen molar-refractivity contribution in [1.29, 1.82) is 0 Å². The Balaban J connectivity index is 1.45. The molecule has 9 rings (SSSR count). The number of anilines is 3. The molecular weight excluding hydrogens is 547 g/mol. The number of hydrogen-bond acceptors (Lipinski definition) is 1. The second kappa shape index (κ2) is 9.80. The van der Waals surface area contributed by atoms with E-state index in [1.165, 1.54) is 70.1 Å². The summed E-state index contributed by atoms with van der Waals surface area (Å²) in [4.78, 5) is 2.46. The third kappa shape index (κ3) is 3.46. The van der Waals surface area contributed by atoms with Crippen molar-refractivity contribution >= 4 is 78.2 Å². The van der Waals surface area contributed by atoms with Gasteiger partial charge in [-0.2, -0.15) is 0 Å². The Labute approximate surface area is 258 Å². The molecule has 1 aliphatic heterocycles. The van der Waals surface area contributed by atoms with Crippen LogP contribution >= 0.6 is 0 Å². The summed E-state index contributed by atoms with van der Waals surface area (Å²) < 4.78 is 0. The Morgan fingerprint density at radius 2 is 0.750 bits per heavy atom. The molecule has 0 N–H and O–H groups in total. The first-order valence-electron chi connectivity index (χ1n) is 15.3. The average Bonchev–Trinajstić information content (AvgIpc) is 3.11. The van der Waals surface area contributed by atoms with Crippen molar-refractivity contribution in [2.24, 2.45) is 0 Å². The van der Waals surface area contributed by atoms with Gasteiger partial charge in [0.25, 0.3) is 0 Å². The van der Waals surface area contributed by atoms with Gasteiger partial charge < -0.3 is 4.90 Å². The fourth-order valence-electron chi connectivity index (χ4n) is 7.72. The van der Waals surface area contributed by atoms with Crippen LogP contribution in [0.15, 0.2) is 176 Å². The number of rotatable bonds is 3. The second-order valence-corrected chi connectivity index (χ2v) is 15.4. The maximum absolute atomic E-state index is 2.76. The molecule has 44 heavy (non-hydrogen) atoms. The first kappa shape index (κ1) is 25.1. The summed E-state index contributed by atoms with van der Waals surface area (Å²) in [7, 11) is -2.76. The van der Waals surface area contributed by atoms with Gasteiger partial charge in [0.1, 0.15) is 0 Å². The van der Waals surface area contributed by atoms with Crippen LogP contribution in [0.2, 0.25) is 0 Å². The average molecular weight is 576 g/mol. The van der Waals surface area contributed by atoms with Crippen LogP contribution in [0.5, 0.6) is 0 Å². The molecule has 0 aromatic heterocycles. The third-order valence-corrected chi connectivity index (χ3v) is 14.3. The molecule has 206 valence electrons. The van der Waals surface area contributed by atoms with Gasteiger partial charge in [0.05, 0.1) is 0 Å². The van der Waals surface area contributed by atoms with E-state index >= 15 is 0 Å². The fourth-order valence-corrected chi connectivity index (χ4v) is 12.8. The zero-order valence-electron chi connectivity index (χ0n) is 24.2. The van der Waals surface area contributed by atoms with E-state index < -0.39 is 8.07 Å². The lowest BCUT2D eigenvalue weighted by atomic mass is 9.94. The number of fused-ring (bicyclic) bond motifs is 8. The second-order valence-electron chi connectivity index (χ2n) is 11.7. The number of nitrogens with zero attached hydrogens (tertiary/aromatic N) is 1. The molecule has 0 saturated carbocycles. The van der Waals surface area contributed by atoms with Gasteiger partial charge in [-0.3, -0.25) is 0 Å². The molecule has 0 bridgehead atoms. The summed E-state index contributed by atoms with van der Waals surface area (Å²) in [5.74, 6) is 0. The molecular formula is C42H29NSi. The van der Waals surface area contributed by atoms with E-state index in [1.807, 2.05) is 0 Å². The van der Waals surface area contributed by atoms with Gasteiger partial charge in [-0.15, -0.1) is 0 Å². The smallest absolute Gasteiger partial charge is 0.184 e. The molecule has 8 aromatic carbocycles. The summed E-state index contributed by atoms with van der Waals surface area (Å²) in [5, 5.41) is 13.5.